The van der Waals surface area contributed by atoms with Gasteiger partial charge in [-0.05, 0) is 59.5 Å². The second-order valence-electron chi connectivity index (χ2n) is 11.0. The largest absolute Gasteiger partial charge is 0.459 e. The van der Waals surface area contributed by atoms with Crippen LogP contribution in [0.1, 0.15) is 59.9 Å². The first kappa shape index (κ1) is 25.8. The Morgan fingerprint density at radius 1 is 0.947 bits per heavy atom. The van der Waals surface area contributed by atoms with E-state index in [2.05, 4.69) is 66.7 Å². The Hall–Kier alpha value is -3.84. The van der Waals surface area contributed by atoms with Gasteiger partial charge in [-0.25, -0.2) is 0 Å². The number of likely N-dealkylation sites (N-methyl/N-ethyl adjacent to an activating group) is 1. The van der Waals surface area contributed by atoms with Crippen molar-refractivity contribution in [3.8, 4) is 0 Å². The second kappa shape index (κ2) is 10.5. The molecule has 1 fully saturated rings. The van der Waals surface area contributed by atoms with Gasteiger partial charge in [0.25, 0.3) is 11.8 Å². The Morgan fingerprint density at radius 3 is 2.32 bits per heavy atom. The third-order valence-electron chi connectivity index (χ3n) is 7.39. The van der Waals surface area contributed by atoms with Crippen LogP contribution in [0.25, 0.3) is 10.9 Å². The fourth-order valence-corrected chi connectivity index (χ4v) is 5.02. The maximum absolute atomic E-state index is 13.8. The van der Waals surface area contributed by atoms with E-state index in [1.54, 1.807) is 12.1 Å². The monoisotopic (exact) mass is 512 g/mol. The molecule has 2 aromatic carbocycles. The van der Waals surface area contributed by atoms with E-state index in [-0.39, 0.29) is 23.0 Å². The molecule has 5 rings (SSSR count). The number of aromatic nitrogens is 1. The molecule has 1 aliphatic heterocycles. The number of nitrogens with one attached hydrogen (secondary N) is 1. The summed E-state index contributed by atoms with van der Waals surface area (Å²) in [7, 11) is 0. The number of anilines is 1. The normalized spacial score (nSPS) is 14.7. The lowest BCUT2D eigenvalue weighted by atomic mass is 9.87. The predicted molar refractivity (Wildman–Crippen MR) is 151 cm³/mol. The van der Waals surface area contributed by atoms with Crippen molar-refractivity contribution in [3.05, 3.63) is 89.5 Å². The standard InChI is InChI=1S/C31H36N4O3/c1-5-33-14-16-34(17-15-33)30(37)27-20-23-19-25(32-29(36)28-7-6-18-38-28)12-13-26(23)35(27)21-22-8-10-24(11-9-22)31(2,3)4/h6-13,18-20H,5,14-17,21H2,1-4H3,(H,32,36). The zero-order chi connectivity index (χ0) is 26.9. The highest BCUT2D eigenvalue weighted by atomic mass is 16.3. The Labute approximate surface area is 224 Å². The molecule has 7 heteroatoms. The van der Waals surface area contributed by atoms with Crippen LogP contribution in [0.4, 0.5) is 5.69 Å². The summed E-state index contributed by atoms with van der Waals surface area (Å²) in [6.45, 7) is 13.6. The fourth-order valence-electron chi connectivity index (χ4n) is 5.02. The summed E-state index contributed by atoms with van der Waals surface area (Å²) in [6.07, 6.45) is 1.48. The first-order valence-electron chi connectivity index (χ1n) is 13.3. The molecule has 0 aliphatic carbocycles. The maximum atomic E-state index is 13.8. The van der Waals surface area contributed by atoms with Gasteiger partial charge in [-0.15, -0.1) is 0 Å². The lowest BCUT2D eigenvalue weighted by Crippen LogP contribution is -2.48. The van der Waals surface area contributed by atoms with Gasteiger partial charge in [-0.3, -0.25) is 9.59 Å². The Morgan fingerprint density at radius 2 is 1.68 bits per heavy atom. The van der Waals surface area contributed by atoms with Gasteiger partial charge >= 0.3 is 0 Å². The minimum absolute atomic E-state index is 0.0458. The number of benzene rings is 2. The maximum Gasteiger partial charge on any atom is 0.291 e. The van der Waals surface area contributed by atoms with Crippen molar-refractivity contribution in [1.82, 2.24) is 14.4 Å². The molecule has 7 nitrogen and oxygen atoms in total. The average molecular weight is 513 g/mol. The number of fused-ring (bicyclic) bond motifs is 1. The van der Waals surface area contributed by atoms with Crippen LogP contribution in [0.2, 0.25) is 0 Å². The van der Waals surface area contributed by atoms with Crippen molar-refractivity contribution in [2.24, 2.45) is 0 Å². The Balaban J connectivity index is 1.48. The van der Waals surface area contributed by atoms with Crippen LogP contribution < -0.4 is 5.32 Å². The van der Waals surface area contributed by atoms with Gasteiger partial charge in [-0.2, -0.15) is 0 Å². The summed E-state index contributed by atoms with van der Waals surface area (Å²) in [5, 5.41) is 3.80. The zero-order valence-electron chi connectivity index (χ0n) is 22.7. The highest BCUT2D eigenvalue weighted by Crippen LogP contribution is 2.28. The van der Waals surface area contributed by atoms with Crippen molar-refractivity contribution in [3.63, 3.8) is 0 Å². The topological polar surface area (TPSA) is 70.7 Å². The van der Waals surface area contributed by atoms with Gasteiger partial charge in [0.2, 0.25) is 0 Å². The van der Waals surface area contributed by atoms with E-state index >= 15 is 0 Å². The van der Waals surface area contributed by atoms with Gasteiger partial charge in [0.1, 0.15) is 5.69 Å². The summed E-state index contributed by atoms with van der Waals surface area (Å²) in [6, 6.07) is 19.7. The number of piperazine rings is 1. The van der Waals surface area contributed by atoms with Crippen molar-refractivity contribution < 1.29 is 14.0 Å². The summed E-state index contributed by atoms with van der Waals surface area (Å²) in [5.74, 6) is -0.00860. The third kappa shape index (κ3) is 5.38. The van der Waals surface area contributed by atoms with Crippen molar-refractivity contribution in [1.29, 1.82) is 0 Å². The smallest absolute Gasteiger partial charge is 0.291 e. The van der Waals surface area contributed by atoms with Crippen molar-refractivity contribution in [2.75, 3.05) is 38.0 Å². The van der Waals surface area contributed by atoms with E-state index in [0.717, 1.165) is 49.2 Å². The highest BCUT2D eigenvalue weighted by Gasteiger charge is 2.25. The van der Waals surface area contributed by atoms with Crippen LogP contribution in [0, 0.1) is 0 Å². The number of hydrogen-bond donors (Lipinski definition) is 1. The Kier molecular flexibility index (Phi) is 7.13. The molecule has 38 heavy (non-hydrogen) atoms. The van der Waals surface area contributed by atoms with E-state index in [4.69, 9.17) is 4.42 Å². The lowest BCUT2D eigenvalue weighted by molar-refractivity contribution is 0.0633. The van der Waals surface area contributed by atoms with E-state index in [1.807, 2.05) is 29.2 Å². The number of carbonyl (C=O) groups excluding carboxylic acids is 2. The minimum Gasteiger partial charge on any atom is -0.459 e. The lowest BCUT2D eigenvalue weighted by Gasteiger charge is -2.34. The molecule has 0 bridgehead atoms. The van der Waals surface area contributed by atoms with Gasteiger partial charge in [0, 0.05) is 49.3 Å². The highest BCUT2D eigenvalue weighted by molar-refractivity contribution is 6.04. The van der Waals surface area contributed by atoms with Crippen LogP contribution in [0.5, 0.6) is 0 Å². The van der Waals surface area contributed by atoms with E-state index in [9.17, 15) is 9.59 Å². The molecule has 0 atom stereocenters. The third-order valence-corrected chi connectivity index (χ3v) is 7.39. The first-order chi connectivity index (χ1) is 18.2. The van der Waals surface area contributed by atoms with E-state index < -0.39 is 0 Å². The zero-order valence-corrected chi connectivity index (χ0v) is 22.7. The molecule has 3 heterocycles. The van der Waals surface area contributed by atoms with Gasteiger partial charge in [-0.1, -0.05) is 52.0 Å². The fraction of sp³-hybridized carbons (Fsp3) is 0.355. The van der Waals surface area contributed by atoms with Crippen molar-refractivity contribution >= 4 is 28.4 Å². The number of nitrogens with zero attached hydrogens (tertiary/aromatic N) is 3. The van der Waals surface area contributed by atoms with Gasteiger partial charge < -0.3 is 24.1 Å². The summed E-state index contributed by atoms with van der Waals surface area (Å²) in [5.41, 5.74) is 4.77. The van der Waals surface area contributed by atoms with Crippen LogP contribution in [-0.2, 0) is 12.0 Å². The van der Waals surface area contributed by atoms with Crippen LogP contribution in [-0.4, -0.2) is 58.9 Å². The first-order valence-corrected chi connectivity index (χ1v) is 13.3. The molecule has 198 valence electrons. The molecule has 4 aromatic rings. The summed E-state index contributed by atoms with van der Waals surface area (Å²) in [4.78, 5) is 30.6. The molecule has 2 amide bonds. The minimum atomic E-state index is -0.308. The number of amides is 2. The van der Waals surface area contributed by atoms with Crippen LogP contribution >= 0.6 is 0 Å². The SMILES string of the molecule is CCN1CCN(C(=O)c2cc3cc(NC(=O)c4ccco4)ccc3n2Cc2ccc(C(C)(C)C)cc2)CC1. The summed E-state index contributed by atoms with van der Waals surface area (Å²) < 4.78 is 7.32. The van der Waals surface area contributed by atoms with Gasteiger partial charge in [0.05, 0.1) is 6.26 Å². The Bertz CT molecular complexity index is 1420. The number of hydrogen-bond acceptors (Lipinski definition) is 4. The molecule has 2 aromatic heterocycles. The molecule has 1 N–H and O–H groups in total. The second-order valence-corrected chi connectivity index (χ2v) is 11.0. The summed E-state index contributed by atoms with van der Waals surface area (Å²) >= 11 is 0. The predicted octanol–water partition coefficient (Wildman–Crippen LogP) is 5.61. The van der Waals surface area contributed by atoms with E-state index in [1.165, 1.54) is 11.8 Å². The van der Waals surface area contributed by atoms with E-state index in [0.29, 0.717) is 17.9 Å². The molecule has 0 radical (unpaired) electrons. The molecule has 0 unspecified atom stereocenters. The molecular formula is C31H36N4O3. The number of rotatable bonds is 6. The molecule has 0 spiro atoms. The molecule has 1 saturated heterocycles. The van der Waals surface area contributed by atoms with Crippen molar-refractivity contribution in [2.45, 2.75) is 39.7 Å². The van der Waals surface area contributed by atoms with Crippen LogP contribution in [0.15, 0.2) is 71.3 Å². The number of carbonyl (C=O) groups is 2. The molecular weight excluding hydrogens is 476 g/mol. The molecule has 0 saturated carbocycles. The van der Waals surface area contributed by atoms with Crippen LogP contribution in [0.3, 0.4) is 0 Å². The number of furan rings is 1. The quantitative estimate of drug-likeness (QED) is 0.365. The molecule has 1 aliphatic rings. The average Bonchev–Trinajstić information content (AvgIpc) is 3.57. The van der Waals surface area contributed by atoms with Gasteiger partial charge in [0.15, 0.2) is 5.76 Å².